The van der Waals surface area contributed by atoms with Crippen LogP contribution in [0, 0.1) is 34.2 Å². The van der Waals surface area contributed by atoms with Crippen molar-refractivity contribution in [3.05, 3.63) is 53.2 Å². The van der Waals surface area contributed by atoms with E-state index >= 15 is 4.39 Å². The molecule has 1 aromatic carbocycles. The van der Waals surface area contributed by atoms with E-state index in [4.69, 9.17) is 21.7 Å². The van der Waals surface area contributed by atoms with E-state index in [1.165, 1.54) is 13.2 Å². The van der Waals surface area contributed by atoms with Crippen molar-refractivity contribution in [3.8, 4) is 17.2 Å². The summed E-state index contributed by atoms with van der Waals surface area (Å²) in [6.07, 6.45) is 1.24. The molecule has 33 heavy (non-hydrogen) atoms. The van der Waals surface area contributed by atoms with Gasteiger partial charge in [-0.1, -0.05) is 6.07 Å². The summed E-state index contributed by atoms with van der Waals surface area (Å²) in [6.45, 7) is 2.03. The van der Waals surface area contributed by atoms with Gasteiger partial charge < -0.3 is 30.0 Å². The number of hydrogen-bond donors (Lipinski definition) is 2. The number of methoxy groups -OCH3 is 1. The third-order valence-electron chi connectivity index (χ3n) is 7.06. The summed E-state index contributed by atoms with van der Waals surface area (Å²) in [4.78, 5) is 4.52. The van der Waals surface area contributed by atoms with Crippen LogP contribution in [-0.4, -0.2) is 56.3 Å². The summed E-state index contributed by atoms with van der Waals surface area (Å²) < 4.78 is 24.7. The lowest BCUT2D eigenvalue weighted by Crippen LogP contribution is -2.43. The number of hydroxylamine groups is 2. The second kappa shape index (κ2) is 8.27. The Kier molecular flexibility index (Phi) is 5.55. The molecule has 172 valence electrons. The fourth-order valence-corrected chi connectivity index (χ4v) is 5.25. The van der Waals surface area contributed by atoms with Gasteiger partial charge in [0.05, 0.1) is 25.4 Å². The zero-order valence-corrected chi connectivity index (χ0v) is 18.9. The Labute approximate surface area is 196 Å². The first kappa shape index (κ1) is 22.1. The molecular formula is C23H24FN5O3S. The summed E-state index contributed by atoms with van der Waals surface area (Å²) in [5, 5.41) is 29.4. The van der Waals surface area contributed by atoms with Gasteiger partial charge in [0.25, 0.3) is 5.17 Å². The van der Waals surface area contributed by atoms with Gasteiger partial charge in [-0.05, 0) is 24.4 Å². The minimum atomic E-state index is -0.776. The Morgan fingerprint density at radius 3 is 2.85 bits per heavy atom. The van der Waals surface area contributed by atoms with Gasteiger partial charge in [0.15, 0.2) is 6.73 Å². The van der Waals surface area contributed by atoms with E-state index in [1.54, 1.807) is 24.4 Å². The molecule has 3 heterocycles. The number of rotatable bonds is 5. The van der Waals surface area contributed by atoms with Crippen molar-refractivity contribution < 1.29 is 13.9 Å². The van der Waals surface area contributed by atoms with Gasteiger partial charge >= 0.3 is 0 Å². The Hall–Kier alpha value is -2.68. The maximum absolute atomic E-state index is 15.0. The lowest BCUT2D eigenvalue weighted by atomic mass is 9.96. The average Bonchev–Trinajstić information content (AvgIpc) is 3.15. The Morgan fingerprint density at radius 2 is 2.21 bits per heavy atom. The maximum atomic E-state index is 15.0. The number of quaternary nitrogens is 1. The molecule has 1 aromatic heterocycles. The fourth-order valence-electron chi connectivity index (χ4n) is 5.16. The summed E-state index contributed by atoms with van der Waals surface area (Å²) in [5.41, 5.74) is 1.47. The van der Waals surface area contributed by atoms with Crippen LogP contribution >= 0.6 is 12.2 Å². The molecule has 0 amide bonds. The quantitative estimate of drug-likeness (QED) is 0.390. The number of fused-ring (bicyclic) bond motifs is 1. The van der Waals surface area contributed by atoms with Crippen molar-refractivity contribution in [1.29, 1.82) is 5.26 Å². The molecule has 2 aromatic rings. The number of ether oxygens (including phenoxy) is 2. The van der Waals surface area contributed by atoms with Crippen LogP contribution in [-0.2, 0) is 14.9 Å². The standard InChI is InChI=1S/C23H24FN5O3S/c1-31-22(33)28-8-16-11-29(30,13-32-16)15-3-4-17(20(24)6-15)14-2-5-21(27-7-14)23(12-25)18-9-26-10-19(18)23/h2-7,16,18-19,26H,8-11,13H2,1H3,(H,28,33)/t16?,18?,19?,23?,29-/m1/s1. The molecule has 1 saturated carbocycles. The summed E-state index contributed by atoms with van der Waals surface area (Å²) in [6, 6.07) is 10.6. The largest absolute Gasteiger partial charge is 0.626 e. The molecule has 5 rings (SSSR count). The highest BCUT2D eigenvalue weighted by Crippen LogP contribution is 2.60. The zero-order chi connectivity index (χ0) is 23.2. The number of thiocarbonyl (C=S) groups is 1. The van der Waals surface area contributed by atoms with E-state index < -0.39 is 15.9 Å². The maximum Gasteiger partial charge on any atom is 0.256 e. The lowest BCUT2D eigenvalue weighted by Gasteiger charge is -2.36. The third kappa shape index (κ3) is 3.66. The van der Waals surface area contributed by atoms with Crippen LogP contribution in [0.15, 0.2) is 36.5 Å². The van der Waals surface area contributed by atoms with E-state index in [0.717, 1.165) is 18.8 Å². The summed E-state index contributed by atoms with van der Waals surface area (Å²) >= 11 is 4.93. The molecule has 0 bridgehead atoms. The Bertz CT molecular complexity index is 1110. The van der Waals surface area contributed by atoms with Gasteiger partial charge in [-0.15, -0.1) is 0 Å². The Balaban J connectivity index is 1.31. The third-order valence-corrected chi connectivity index (χ3v) is 7.37. The van der Waals surface area contributed by atoms with E-state index in [0.29, 0.717) is 35.2 Å². The minimum Gasteiger partial charge on any atom is -0.626 e. The molecule has 3 fully saturated rings. The predicted octanol–water partition coefficient (Wildman–Crippen LogP) is 2.18. The molecule has 3 aliphatic rings. The topological polar surface area (TPSA) is 102 Å². The molecule has 0 radical (unpaired) electrons. The highest BCUT2D eigenvalue weighted by molar-refractivity contribution is 7.80. The van der Waals surface area contributed by atoms with Crippen LogP contribution in [0.5, 0.6) is 0 Å². The van der Waals surface area contributed by atoms with E-state index in [9.17, 15) is 10.5 Å². The molecule has 8 nitrogen and oxygen atoms in total. The second-order valence-corrected chi connectivity index (χ2v) is 9.18. The number of nitrogens with zero attached hydrogens (tertiary/aromatic N) is 3. The van der Waals surface area contributed by atoms with Crippen molar-refractivity contribution in [2.45, 2.75) is 11.5 Å². The molecule has 1 aliphatic carbocycles. The number of benzene rings is 1. The molecule has 2 saturated heterocycles. The van der Waals surface area contributed by atoms with Crippen molar-refractivity contribution >= 4 is 23.1 Å². The fraction of sp³-hybridized carbons (Fsp3) is 0.435. The highest BCUT2D eigenvalue weighted by atomic mass is 32.1. The first-order chi connectivity index (χ1) is 15.9. The van der Waals surface area contributed by atoms with Crippen molar-refractivity contribution in [2.75, 3.05) is 40.0 Å². The summed E-state index contributed by atoms with van der Waals surface area (Å²) in [7, 11) is 1.46. The first-order valence-electron chi connectivity index (χ1n) is 10.8. The van der Waals surface area contributed by atoms with Crippen LogP contribution in [0.1, 0.15) is 5.69 Å². The number of piperidine rings is 1. The van der Waals surface area contributed by atoms with Gasteiger partial charge in [0.1, 0.15) is 29.6 Å². The molecular weight excluding hydrogens is 445 g/mol. The number of pyridine rings is 1. The summed E-state index contributed by atoms with van der Waals surface area (Å²) in [5.74, 6) is 0.0845. The molecule has 2 aliphatic heterocycles. The van der Waals surface area contributed by atoms with Gasteiger partial charge in [0, 0.05) is 54.4 Å². The van der Waals surface area contributed by atoms with E-state index in [2.05, 4.69) is 21.7 Å². The number of hydrogen-bond acceptors (Lipinski definition) is 7. The van der Waals surface area contributed by atoms with Gasteiger partial charge in [0.2, 0.25) is 0 Å². The Morgan fingerprint density at radius 1 is 1.42 bits per heavy atom. The lowest BCUT2D eigenvalue weighted by molar-refractivity contribution is 0.101. The van der Waals surface area contributed by atoms with Crippen LogP contribution in [0.3, 0.4) is 0 Å². The van der Waals surface area contributed by atoms with Gasteiger partial charge in [-0.3, -0.25) is 4.98 Å². The van der Waals surface area contributed by atoms with E-state index in [1.807, 2.05) is 6.07 Å². The van der Waals surface area contributed by atoms with Crippen LogP contribution in [0.25, 0.3) is 11.1 Å². The van der Waals surface area contributed by atoms with Gasteiger partial charge in [-0.25, -0.2) is 4.39 Å². The zero-order valence-electron chi connectivity index (χ0n) is 18.1. The normalized spacial score (nSPS) is 32.1. The molecule has 3 unspecified atom stereocenters. The number of halogens is 1. The van der Waals surface area contributed by atoms with Gasteiger partial charge in [-0.2, -0.15) is 5.26 Å². The van der Waals surface area contributed by atoms with Crippen LogP contribution < -0.4 is 15.3 Å². The molecule has 10 heteroatoms. The minimum absolute atomic E-state index is 0.103. The molecule has 0 spiro atoms. The first-order valence-corrected chi connectivity index (χ1v) is 11.2. The monoisotopic (exact) mass is 469 g/mol. The molecule has 4 atom stereocenters. The number of nitriles is 1. The smallest absolute Gasteiger partial charge is 0.256 e. The number of nitrogens with one attached hydrogen (secondary N) is 2. The SMILES string of the molecule is COC(=S)NCC1C[N@+]([O-])(c2ccc(-c3ccc(C4(C#N)C5CNCC54)nc3)c(F)c2)CO1. The second-order valence-electron chi connectivity index (χ2n) is 8.81. The highest BCUT2D eigenvalue weighted by Gasteiger charge is 2.69. The van der Waals surface area contributed by atoms with Crippen molar-refractivity contribution in [1.82, 2.24) is 20.3 Å². The van der Waals surface area contributed by atoms with E-state index in [-0.39, 0.29) is 24.6 Å². The van der Waals surface area contributed by atoms with Crippen LogP contribution in [0.4, 0.5) is 10.1 Å². The predicted molar refractivity (Wildman–Crippen MR) is 124 cm³/mol. The van der Waals surface area contributed by atoms with Crippen molar-refractivity contribution in [3.63, 3.8) is 0 Å². The number of aromatic nitrogens is 1. The van der Waals surface area contributed by atoms with Crippen molar-refractivity contribution in [2.24, 2.45) is 11.8 Å². The average molecular weight is 470 g/mol. The molecule has 2 N–H and O–H groups in total. The van der Waals surface area contributed by atoms with Crippen LogP contribution in [0.2, 0.25) is 0 Å².